The van der Waals surface area contributed by atoms with Crippen LogP contribution >= 0.6 is 15.9 Å². The van der Waals surface area contributed by atoms with Gasteiger partial charge in [-0.15, -0.1) is 0 Å². The number of hydrogen-bond acceptors (Lipinski definition) is 3. The highest BCUT2D eigenvalue weighted by Gasteiger charge is 2.23. The molecule has 1 aromatic carbocycles. The minimum atomic E-state index is 0.257. The summed E-state index contributed by atoms with van der Waals surface area (Å²) in [6, 6.07) is 6.22. The molecule has 0 aliphatic carbocycles. The van der Waals surface area contributed by atoms with Gasteiger partial charge in [0.05, 0.1) is 6.61 Å². The third-order valence-electron chi connectivity index (χ3n) is 3.16. The second-order valence-corrected chi connectivity index (χ2v) is 5.15. The summed E-state index contributed by atoms with van der Waals surface area (Å²) in [4.78, 5) is 2.33. The molecule has 88 valence electrons. The maximum Gasteiger partial charge on any atom is 0.0587 e. The molecule has 0 radical (unpaired) electrons. The van der Waals surface area contributed by atoms with Crippen molar-refractivity contribution < 1.29 is 5.11 Å². The van der Waals surface area contributed by atoms with E-state index in [1.165, 1.54) is 12.0 Å². The highest BCUT2D eigenvalue weighted by molar-refractivity contribution is 9.10. The van der Waals surface area contributed by atoms with Crippen LogP contribution in [0.4, 0.5) is 5.69 Å². The van der Waals surface area contributed by atoms with Crippen LogP contribution in [0.1, 0.15) is 18.4 Å². The van der Waals surface area contributed by atoms with E-state index in [1.54, 1.807) is 0 Å². The maximum absolute atomic E-state index is 9.25. The van der Waals surface area contributed by atoms with Crippen LogP contribution in [0.15, 0.2) is 22.7 Å². The predicted octanol–water partition coefficient (Wildman–Crippen LogP) is 1.99. The number of anilines is 1. The first-order valence-corrected chi connectivity index (χ1v) is 6.39. The van der Waals surface area contributed by atoms with E-state index in [0.29, 0.717) is 6.04 Å². The molecule has 1 saturated heterocycles. The van der Waals surface area contributed by atoms with Crippen LogP contribution in [0.2, 0.25) is 0 Å². The minimum Gasteiger partial charge on any atom is -0.399 e. The largest absolute Gasteiger partial charge is 0.399 e. The molecule has 2 rings (SSSR count). The van der Waals surface area contributed by atoms with Crippen LogP contribution < -0.4 is 5.73 Å². The Kier molecular flexibility index (Phi) is 3.84. The first-order valence-electron chi connectivity index (χ1n) is 5.59. The molecule has 1 heterocycles. The molecule has 0 aromatic heterocycles. The molecule has 0 bridgehead atoms. The second-order valence-electron chi connectivity index (χ2n) is 4.30. The van der Waals surface area contributed by atoms with Gasteiger partial charge in [0.1, 0.15) is 0 Å². The van der Waals surface area contributed by atoms with Gasteiger partial charge in [0, 0.05) is 22.7 Å². The van der Waals surface area contributed by atoms with Crippen molar-refractivity contribution in [3.05, 3.63) is 28.2 Å². The number of rotatable bonds is 3. The normalized spacial score (nSPS) is 21.5. The Balaban J connectivity index is 2.08. The standard InChI is InChI=1S/C12H17BrN2O/c13-12-6-10(14)4-3-9(12)7-15-5-1-2-11(15)8-16/h3-4,6,11,16H,1-2,5,7-8,14H2. The Morgan fingerprint density at radius 3 is 3.00 bits per heavy atom. The smallest absolute Gasteiger partial charge is 0.0587 e. The van der Waals surface area contributed by atoms with Gasteiger partial charge in [0.2, 0.25) is 0 Å². The van der Waals surface area contributed by atoms with Crippen molar-refractivity contribution in [2.45, 2.75) is 25.4 Å². The van der Waals surface area contributed by atoms with E-state index in [0.717, 1.165) is 29.7 Å². The highest BCUT2D eigenvalue weighted by Crippen LogP contribution is 2.25. The zero-order chi connectivity index (χ0) is 11.5. The van der Waals surface area contributed by atoms with Crippen molar-refractivity contribution in [1.82, 2.24) is 4.90 Å². The van der Waals surface area contributed by atoms with Crippen molar-refractivity contribution in [1.29, 1.82) is 0 Å². The molecule has 1 aliphatic heterocycles. The molecular formula is C12H17BrN2O. The Hall–Kier alpha value is -0.580. The molecule has 1 aromatic rings. The molecule has 0 spiro atoms. The average Bonchev–Trinajstić information content (AvgIpc) is 2.69. The van der Waals surface area contributed by atoms with Crippen LogP contribution in [0.5, 0.6) is 0 Å². The fourth-order valence-electron chi connectivity index (χ4n) is 2.22. The number of likely N-dealkylation sites (tertiary alicyclic amines) is 1. The minimum absolute atomic E-state index is 0.257. The first-order chi connectivity index (χ1) is 7.70. The van der Waals surface area contributed by atoms with Crippen molar-refractivity contribution in [2.24, 2.45) is 0 Å². The van der Waals surface area contributed by atoms with E-state index in [4.69, 9.17) is 5.73 Å². The van der Waals surface area contributed by atoms with Crippen LogP contribution in [-0.4, -0.2) is 29.2 Å². The number of nitrogen functional groups attached to an aromatic ring is 1. The van der Waals surface area contributed by atoms with E-state index < -0.39 is 0 Å². The fraction of sp³-hybridized carbons (Fsp3) is 0.500. The van der Waals surface area contributed by atoms with Crippen molar-refractivity contribution >= 4 is 21.6 Å². The summed E-state index contributed by atoms with van der Waals surface area (Å²) in [5, 5.41) is 9.25. The summed E-state index contributed by atoms with van der Waals surface area (Å²) in [5.41, 5.74) is 7.71. The number of aliphatic hydroxyl groups excluding tert-OH is 1. The molecule has 3 N–H and O–H groups in total. The van der Waals surface area contributed by atoms with Gasteiger partial charge < -0.3 is 10.8 Å². The summed E-state index contributed by atoms with van der Waals surface area (Å²) in [6.45, 7) is 2.21. The Morgan fingerprint density at radius 2 is 2.31 bits per heavy atom. The molecule has 0 amide bonds. The van der Waals surface area contributed by atoms with Crippen molar-refractivity contribution in [3.63, 3.8) is 0 Å². The molecule has 0 saturated carbocycles. The summed E-state index contributed by atoms with van der Waals surface area (Å²) in [5.74, 6) is 0. The van der Waals surface area contributed by atoms with E-state index >= 15 is 0 Å². The van der Waals surface area contributed by atoms with Gasteiger partial charge in [-0.3, -0.25) is 4.90 Å². The highest BCUT2D eigenvalue weighted by atomic mass is 79.9. The van der Waals surface area contributed by atoms with Gasteiger partial charge in [0.25, 0.3) is 0 Å². The third-order valence-corrected chi connectivity index (χ3v) is 3.90. The fourth-order valence-corrected chi connectivity index (χ4v) is 2.74. The summed E-state index contributed by atoms with van der Waals surface area (Å²) >= 11 is 3.53. The maximum atomic E-state index is 9.25. The van der Waals surface area contributed by atoms with E-state index in [2.05, 4.69) is 20.8 Å². The zero-order valence-electron chi connectivity index (χ0n) is 9.19. The monoisotopic (exact) mass is 284 g/mol. The van der Waals surface area contributed by atoms with Crippen LogP contribution in [0.3, 0.4) is 0 Å². The second kappa shape index (κ2) is 5.17. The number of nitrogens with two attached hydrogens (primary N) is 1. The molecule has 1 fully saturated rings. The molecule has 4 heteroatoms. The van der Waals surface area contributed by atoms with E-state index in [-0.39, 0.29) is 6.61 Å². The van der Waals surface area contributed by atoms with Crippen molar-refractivity contribution in [2.75, 3.05) is 18.9 Å². The molecule has 16 heavy (non-hydrogen) atoms. The molecule has 1 unspecified atom stereocenters. The molecule has 1 atom stereocenters. The van der Waals surface area contributed by atoms with Gasteiger partial charge in [-0.25, -0.2) is 0 Å². The van der Waals surface area contributed by atoms with Crippen LogP contribution in [0, 0.1) is 0 Å². The lowest BCUT2D eigenvalue weighted by Gasteiger charge is -2.23. The summed E-state index contributed by atoms with van der Waals surface area (Å²) in [6.07, 6.45) is 2.28. The van der Waals surface area contributed by atoms with Gasteiger partial charge >= 0.3 is 0 Å². The SMILES string of the molecule is Nc1ccc(CN2CCCC2CO)c(Br)c1. The zero-order valence-corrected chi connectivity index (χ0v) is 10.8. The number of halogens is 1. The lowest BCUT2D eigenvalue weighted by Crippen LogP contribution is -2.31. The molecule has 3 nitrogen and oxygen atoms in total. The topological polar surface area (TPSA) is 49.5 Å². The van der Waals surface area contributed by atoms with E-state index in [1.807, 2.05) is 18.2 Å². The Morgan fingerprint density at radius 1 is 1.50 bits per heavy atom. The number of hydrogen-bond donors (Lipinski definition) is 2. The Labute approximate surface area is 104 Å². The van der Waals surface area contributed by atoms with Crippen molar-refractivity contribution in [3.8, 4) is 0 Å². The van der Waals surface area contributed by atoms with Gasteiger partial charge in [-0.1, -0.05) is 22.0 Å². The van der Waals surface area contributed by atoms with Gasteiger partial charge in [-0.05, 0) is 37.1 Å². The lowest BCUT2D eigenvalue weighted by atomic mass is 10.2. The average molecular weight is 285 g/mol. The third kappa shape index (κ3) is 2.56. The number of aliphatic hydroxyl groups is 1. The molecular weight excluding hydrogens is 268 g/mol. The Bertz CT molecular complexity index is 370. The summed E-state index contributed by atoms with van der Waals surface area (Å²) < 4.78 is 1.05. The van der Waals surface area contributed by atoms with Gasteiger partial charge in [-0.2, -0.15) is 0 Å². The summed E-state index contributed by atoms with van der Waals surface area (Å²) in [7, 11) is 0. The van der Waals surface area contributed by atoms with Crippen LogP contribution in [0.25, 0.3) is 0 Å². The number of benzene rings is 1. The van der Waals surface area contributed by atoms with Gasteiger partial charge in [0.15, 0.2) is 0 Å². The van der Waals surface area contributed by atoms with E-state index in [9.17, 15) is 5.11 Å². The molecule has 1 aliphatic rings. The van der Waals surface area contributed by atoms with Crippen LogP contribution in [-0.2, 0) is 6.54 Å². The first kappa shape index (κ1) is 11.9. The lowest BCUT2D eigenvalue weighted by molar-refractivity contribution is 0.153. The number of nitrogens with zero attached hydrogens (tertiary/aromatic N) is 1. The quantitative estimate of drug-likeness (QED) is 0.835. The predicted molar refractivity (Wildman–Crippen MR) is 69.1 cm³/mol.